The first-order chi connectivity index (χ1) is 15.1. The van der Waals surface area contributed by atoms with Gasteiger partial charge in [0.15, 0.2) is 5.78 Å². The van der Waals surface area contributed by atoms with Crippen LogP contribution >= 0.6 is 0 Å². The number of ketones is 1. The van der Waals surface area contributed by atoms with Gasteiger partial charge in [0.25, 0.3) is 0 Å². The number of amides is 1. The lowest BCUT2D eigenvalue weighted by molar-refractivity contribution is -0.116. The minimum absolute atomic E-state index is 0.0513. The van der Waals surface area contributed by atoms with Gasteiger partial charge >= 0.3 is 0 Å². The topological polar surface area (TPSA) is 46.2 Å². The van der Waals surface area contributed by atoms with Gasteiger partial charge in [0, 0.05) is 12.0 Å². The molecule has 0 spiro atoms. The molecule has 0 saturated carbocycles. The molecule has 0 aromatic heterocycles. The molecule has 3 heteroatoms. The fourth-order valence-corrected chi connectivity index (χ4v) is 4.56. The first kappa shape index (κ1) is 19.3. The molecule has 31 heavy (non-hydrogen) atoms. The molecule has 0 aliphatic rings. The van der Waals surface area contributed by atoms with E-state index in [0.29, 0.717) is 17.7 Å². The van der Waals surface area contributed by atoms with Crippen LogP contribution in [0.3, 0.4) is 0 Å². The summed E-state index contributed by atoms with van der Waals surface area (Å²) in [5, 5.41) is 10.6. The number of nitrogens with one attached hydrogen (secondary N) is 1. The first-order valence-corrected chi connectivity index (χ1v) is 10.7. The molecule has 0 fully saturated rings. The monoisotopic (exact) mass is 405 g/mol. The summed E-state index contributed by atoms with van der Waals surface area (Å²) < 4.78 is 0. The number of aryl methyl sites for hydroxylation is 1. The summed E-state index contributed by atoms with van der Waals surface area (Å²) in [6.45, 7) is 1.51. The van der Waals surface area contributed by atoms with E-state index in [2.05, 4.69) is 59.9 Å². The lowest BCUT2D eigenvalue weighted by Gasteiger charge is -2.14. The third-order valence-electron chi connectivity index (χ3n) is 6.05. The summed E-state index contributed by atoms with van der Waals surface area (Å²) in [4.78, 5) is 24.3. The molecule has 0 saturated heterocycles. The highest BCUT2D eigenvalue weighted by Crippen LogP contribution is 2.36. The molecule has 5 rings (SSSR count). The van der Waals surface area contributed by atoms with E-state index in [-0.39, 0.29) is 11.7 Å². The second kappa shape index (κ2) is 7.84. The number of carbonyl (C=O) groups excluding carboxylic acids is 2. The van der Waals surface area contributed by atoms with Gasteiger partial charge in [0.1, 0.15) is 0 Å². The van der Waals surface area contributed by atoms with E-state index in [1.165, 1.54) is 44.8 Å². The maximum Gasteiger partial charge on any atom is 0.224 e. The number of carbonyl (C=O) groups is 2. The zero-order chi connectivity index (χ0) is 21.4. The van der Waals surface area contributed by atoms with Gasteiger partial charge in [0.05, 0.1) is 5.69 Å². The third-order valence-corrected chi connectivity index (χ3v) is 6.05. The Kier molecular flexibility index (Phi) is 4.87. The smallest absolute Gasteiger partial charge is 0.224 e. The molecule has 5 aromatic rings. The zero-order valence-electron chi connectivity index (χ0n) is 17.4. The van der Waals surface area contributed by atoms with Crippen molar-refractivity contribution in [2.24, 2.45) is 0 Å². The Morgan fingerprint density at radius 3 is 2.19 bits per heavy atom. The Hall–Kier alpha value is -3.72. The molecule has 1 N–H and O–H groups in total. The molecule has 152 valence electrons. The van der Waals surface area contributed by atoms with Crippen LogP contribution in [0.4, 0.5) is 5.69 Å². The van der Waals surface area contributed by atoms with Crippen LogP contribution in [0.2, 0.25) is 0 Å². The Labute approximate surface area is 181 Å². The summed E-state index contributed by atoms with van der Waals surface area (Å²) in [5.74, 6) is -0.115. The number of hydrogen-bond donors (Lipinski definition) is 1. The second-order valence-corrected chi connectivity index (χ2v) is 8.08. The van der Waals surface area contributed by atoms with Crippen LogP contribution < -0.4 is 5.32 Å². The van der Waals surface area contributed by atoms with Gasteiger partial charge in [-0.2, -0.15) is 0 Å². The van der Waals surface area contributed by atoms with Crippen molar-refractivity contribution in [3.05, 3.63) is 90.0 Å². The van der Waals surface area contributed by atoms with E-state index in [1.54, 1.807) is 18.2 Å². The van der Waals surface area contributed by atoms with Gasteiger partial charge in [-0.05, 0) is 69.8 Å². The Morgan fingerprint density at radius 2 is 1.42 bits per heavy atom. The van der Waals surface area contributed by atoms with Crippen molar-refractivity contribution in [3.8, 4) is 0 Å². The molecular formula is C28H23NO2. The second-order valence-electron chi connectivity index (χ2n) is 8.08. The molecule has 0 atom stereocenters. The van der Waals surface area contributed by atoms with Crippen LogP contribution in [0.1, 0.15) is 35.7 Å². The van der Waals surface area contributed by atoms with Gasteiger partial charge in [-0.1, -0.05) is 66.7 Å². The van der Waals surface area contributed by atoms with Crippen LogP contribution in [0.15, 0.2) is 78.9 Å². The molecule has 1 amide bonds. The SMILES string of the molecule is CC(=O)c1ccccc1NC(=O)CCCc1ccc2ccc3cccc4ccc1c2c34. The minimum atomic E-state index is -0.0635. The highest BCUT2D eigenvalue weighted by Gasteiger charge is 2.12. The summed E-state index contributed by atoms with van der Waals surface area (Å²) in [5.41, 5.74) is 2.40. The summed E-state index contributed by atoms with van der Waals surface area (Å²) in [6.07, 6.45) is 1.99. The minimum Gasteiger partial charge on any atom is -0.325 e. The summed E-state index contributed by atoms with van der Waals surface area (Å²) >= 11 is 0. The molecule has 0 heterocycles. The van der Waals surface area contributed by atoms with E-state index in [0.717, 1.165) is 12.8 Å². The molecule has 0 unspecified atom stereocenters. The van der Waals surface area contributed by atoms with Gasteiger partial charge < -0.3 is 5.32 Å². The Balaban J connectivity index is 1.36. The number of hydrogen-bond acceptors (Lipinski definition) is 2. The Bertz CT molecular complexity index is 1420. The fourth-order valence-electron chi connectivity index (χ4n) is 4.56. The lowest BCUT2D eigenvalue weighted by atomic mass is 9.90. The molecule has 0 aliphatic heterocycles. The summed E-state index contributed by atoms with van der Waals surface area (Å²) in [6, 6.07) is 26.7. The molecule has 3 nitrogen and oxygen atoms in total. The van der Waals surface area contributed by atoms with Gasteiger partial charge in [0.2, 0.25) is 5.91 Å². The molecule has 0 radical (unpaired) electrons. The van der Waals surface area contributed by atoms with Crippen LogP contribution in [0, 0.1) is 0 Å². The Morgan fingerprint density at radius 1 is 0.742 bits per heavy atom. The number of anilines is 1. The average Bonchev–Trinajstić information content (AvgIpc) is 2.78. The molecule has 0 bridgehead atoms. The van der Waals surface area contributed by atoms with E-state index < -0.39 is 0 Å². The van der Waals surface area contributed by atoms with E-state index in [9.17, 15) is 9.59 Å². The molecule has 0 aliphatic carbocycles. The van der Waals surface area contributed by atoms with Crippen LogP contribution in [-0.2, 0) is 11.2 Å². The standard InChI is InChI=1S/C28H23NO2/c1-18(30)23-9-2-3-10-25(23)29-26(31)11-5-6-19-12-13-22-15-14-20-7-4-8-21-16-17-24(19)28(22)27(20)21/h2-4,7-10,12-17H,5-6,11H2,1H3,(H,29,31). The number of Topliss-reactive ketones (excluding diaryl/α,β-unsaturated/α-hetero) is 1. The zero-order valence-corrected chi connectivity index (χ0v) is 17.4. The number of rotatable bonds is 6. The van der Waals surface area contributed by atoms with Gasteiger partial charge in [-0.25, -0.2) is 0 Å². The quantitative estimate of drug-likeness (QED) is 0.251. The van der Waals surface area contributed by atoms with Crippen molar-refractivity contribution < 1.29 is 9.59 Å². The van der Waals surface area contributed by atoms with Crippen molar-refractivity contribution in [1.29, 1.82) is 0 Å². The van der Waals surface area contributed by atoms with E-state index in [4.69, 9.17) is 0 Å². The highest BCUT2D eigenvalue weighted by molar-refractivity contribution is 6.23. The van der Waals surface area contributed by atoms with Crippen molar-refractivity contribution in [1.82, 2.24) is 0 Å². The molecular weight excluding hydrogens is 382 g/mol. The van der Waals surface area contributed by atoms with Crippen LogP contribution in [0.25, 0.3) is 32.3 Å². The predicted molar refractivity (Wildman–Crippen MR) is 128 cm³/mol. The highest BCUT2D eigenvalue weighted by atomic mass is 16.1. The number of benzene rings is 5. The maximum atomic E-state index is 12.5. The maximum absolute atomic E-state index is 12.5. The fraction of sp³-hybridized carbons (Fsp3) is 0.143. The van der Waals surface area contributed by atoms with E-state index in [1.807, 2.05) is 6.07 Å². The van der Waals surface area contributed by atoms with Crippen LogP contribution in [-0.4, -0.2) is 11.7 Å². The largest absolute Gasteiger partial charge is 0.325 e. The molecule has 5 aromatic carbocycles. The normalized spacial score (nSPS) is 11.4. The number of para-hydroxylation sites is 1. The first-order valence-electron chi connectivity index (χ1n) is 10.7. The van der Waals surface area contributed by atoms with Crippen molar-refractivity contribution in [2.75, 3.05) is 5.32 Å². The van der Waals surface area contributed by atoms with Gasteiger partial charge in [-0.3, -0.25) is 9.59 Å². The van der Waals surface area contributed by atoms with Crippen molar-refractivity contribution >= 4 is 49.7 Å². The predicted octanol–water partition coefficient (Wildman–Crippen LogP) is 6.75. The van der Waals surface area contributed by atoms with Gasteiger partial charge in [-0.15, -0.1) is 0 Å². The third kappa shape index (κ3) is 3.53. The average molecular weight is 405 g/mol. The summed E-state index contributed by atoms with van der Waals surface area (Å²) in [7, 11) is 0. The van der Waals surface area contributed by atoms with Crippen molar-refractivity contribution in [2.45, 2.75) is 26.2 Å². The van der Waals surface area contributed by atoms with E-state index >= 15 is 0 Å². The lowest BCUT2D eigenvalue weighted by Crippen LogP contribution is -2.14. The van der Waals surface area contributed by atoms with Crippen LogP contribution in [0.5, 0.6) is 0 Å². The van der Waals surface area contributed by atoms with Crippen molar-refractivity contribution in [3.63, 3.8) is 0 Å².